The van der Waals surface area contributed by atoms with E-state index in [0.717, 1.165) is 22.0 Å². The van der Waals surface area contributed by atoms with Gasteiger partial charge in [0.1, 0.15) is 0 Å². The number of rotatable bonds is 9. The summed E-state index contributed by atoms with van der Waals surface area (Å²) in [7, 11) is 8.04. The number of amides is 1. The van der Waals surface area contributed by atoms with Crippen LogP contribution in [-0.2, 0) is 11.8 Å². The molecular formula is C30H30N2O6. The van der Waals surface area contributed by atoms with Crippen LogP contribution in [0.1, 0.15) is 16.7 Å². The van der Waals surface area contributed by atoms with Crippen LogP contribution in [0.5, 0.6) is 28.7 Å². The molecule has 0 aliphatic carbocycles. The Labute approximate surface area is 221 Å². The summed E-state index contributed by atoms with van der Waals surface area (Å²) >= 11 is 0. The van der Waals surface area contributed by atoms with Gasteiger partial charge in [0.05, 0.1) is 34.1 Å². The van der Waals surface area contributed by atoms with Gasteiger partial charge in [-0.05, 0) is 47.5 Å². The number of aromatic hydroxyl groups is 1. The molecule has 4 aromatic rings. The van der Waals surface area contributed by atoms with Gasteiger partial charge in [-0.15, -0.1) is 0 Å². The van der Waals surface area contributed by atoms with Gasteiger partial charge in [0.2, 0.25) is 11.7 Å². The van der Waals surface area contributed by atoms with Crippen molar-refractivity contribution in [3.63, 3.8) is 0 Å². The molecule has 1 amide bonds. The zero-order valence-corrected chi connectivity index (χ0v) is 21.9. The smallest absolute Gasteiger partial charge is 0.248 e. The van der Waals surface area contributed by atoms with Gasteiger partial charge >= 0.3 is 0 Å². The van der Waals surface area contributed by atoms with Crippen LogP contribution in [0.3, 0.4) is 0 Å². The van der Waals surface area contributed by atoms with Crippen molar-refractivity contribution in [2.45, 2.75) is 0 Å². The molecule has 0 unspecified atom stereocenters. The highest BCUT2D eigenvalue weighted by atomic mass is 16.5. The van der Waals surface area contributed by atoms with E-state index in [1.807, 2.05) is 60.3 Å². The maximum absolute atomic E-state index is 12.8. The summed E-state index contributed by atoms with van der Waals surface area (Å²) < 4.78 is 23.6. The molecule has 0 aliphatic rings. The number of carbonyl (C=O) groups is 1. The van der Waals surface area contributed by atoms with Gasteiger partial charge in [-0.3, -0.25) is 4.79 Å². The fourth-order valence-electron chi connectivity index (χ4n) is 4.27. The van der Waals surface area contributed by atoms with E-state index >= 15 is 0 Å². The van der Waals surface area contributed by atoms with Gasteiger partial charge in [0.25, 0.3) is 0 Å². The van der Waals surface area contributed by atoms with E-state index in [2.05, 4.69) is 5.32 Å². The zero-order valence-electron chi connectivity index (χ0n) is 21.9. The quantitative estimate of drug-likeness (QED) is 0.219. The zero-order chi connectivity index (χ0) is 27.2. The first-order chi connectivity index (χ1) is 18.4. The van der Waals surface area contributed by atoms with Crippen LogP contribution >= 0.6 is 0 Å². The second kappa shape index (κ2) is 11.5. The topological polar surface area (TPSA) is 91.2 Å². The number of phenols is 1. The molecule has 2 N–H and O–H groups in total. The maximum Gasteiger partial charge on any atom is 0.248 e. The van der Waals surface area contributed by atoms with Gasteiger partial charge in [-0.2, -0.15) is 0 Å². The molecule has 3 aromatic carbocycles. The van der Waals surface area contributed by atoms with E-state index in [9.17, 15) is 9.90 Å². The number of hydrogen-bond donors (Lipinski definition) is 2. The third-order valence-corrected chi connectivity index (χ3v) is 6.05. The average molecular weight is 515 g/mol. The Balaban J connectivity index is 1.59. The number of methoxy groups -OCH3 is 4. The van der Waals surface area contributed by atoms with Crippen molar-refractivity contribution in [2.75, 3.05) is 33.8 Å². The maximum atomic E-state index is 12.8. The highest BCUT2D eigenvalue weighted by Gasteiger charge is 2.14. The minimum atomic E-state index is -0.360. The first kappa shape index (κ1) is 26.2. The first-order valence-corrected chi connectivity index (χ1v) is 11.8. The van der Waals surface area contributed by atoms with E-state index in [1.54, 1.807) is 45.6 Å². The number of phenolic OH excluding ortho intramolecular Hbond substituents is 1. The number of para-hydroxylation sites is 1. The monoisotopic (exact) mass is 514 g/mol. The summed E-state index contributed by atoms with van der Waals surface area (Å²) in [4.78, 5) is 12.8. The van der Waals surface area contributed by atoms with Gasteiger partial charge < -0.3 is 33.9 Å². The lowest BCUT2D eigenvalue weighted by Crippen LogP contribution is -2.09. The van der Waals surface area contributed by atoms with Crippen LogP contribution in [0.4, 0.5) is 5.69 Å². The van der Waals surface area contributed by atoms with Crippen LogP contribution in [-0.4, -0.2) is 44.0 Å². The molecule has 0 aliphatic heterocycles. The fraction of sp³-hybridized carbons (Fsp3) is 0.167. The Morgan fingerprint density at radius 3 is 2.11 bits per heavy atom. The summed E-state index contributed by atoms with van der Waals surface area (Å²) in [5.74, 6) is 1.25. The number of anilines is 1. The number of hydrogen-bond acceptors (Lipinski definition) is 6. The summed E-state index contributed by atoms with van der Waals surface area (Å²) in [6, 6.07) is 14.9. The summed E-state index contributed by atoms with van der Waals surface area (Å²) in [5.41, 5.74) is 3.77. The Morgan fingerprint density at radius 1 is 0.842 bits per heavy atom. The third kappa shape index (κ3) is 5.44. The Morgan fingerprint density at radius 2 is 1.47 bits per heavy atom. The van der Waals surface area contributed by atoms with Gasteiger partial charge in [0.15, 0.2) is 23.0 Å². The average Bonchev–Trinajstić information content (AvgIpc) is 3.25. The van der Waals surface area contributed by atoms with E-state index in [4.69, 9.17) is 18.9 Å². The SMILES string of the molecule is COc1cc(/C=C/c2cc(O)c(OC)c(NC(=O)/C=C/c3cn(C)c4ccccc34)c2)cc(OC)c1OC. The molecule has 0 atom stereocenters. The first-order valence-electron chi connectivity index (χ1n) is 11.8. The number of nitrogens with zero attached hydrogens (tertiary/aromatic N) is 1. The molecule has 0 bridgehead atoms. The van der Waals surface area contributed by atoms with Gasteiger partial charge in [-0.1, -0.05) is 30.4 Å². The summed E-state index contributed by atoms with van der Waals surface area (Å²) in [6.07, 6.45) is 8.81. The van der Waals surface area contributed by atoms with Gasteiger partial charge in [-0.25, -0.2) is 0 Å². The van der Waals surface area contributed by atoms with Crippen LogP contribution in [0.15, 0.2) is 60.8 Å². The minimum Gasteiger partial charge on any atom is -0.504 e. The van der Waals surface area contributed by atoms with E-state index in [-0.39, 0.29) is 17.4 Å². The number of nitrogens with one attached hydrogen (secondary N) is 1. The number of aromatic nitrogens is 1. The van der Waals surface area contributed by atoms with Crippen LogP contribution in [0.25, 0.3) is 29.1 Å². The number of aryl methyl sites for hydroxylation is 1. The molecule has 0 spiro atoms. The second-order valence-electron chi connectivity index (χ2n) is 8.45. The van der Waals surface area contributed by atoms with Crippen molar-refractivity contribution in [1.29, 1.82) is 0 Å². The molecule has 0 fully saturated rings. The van der Waals surface area contributed by atoms with Crippen molar-refractivity contribution >= 4 is 40.7 Å². The standard InChI is InChI=1S/C30H30N2O6/c1-32-18-21(22-8-6-7-9-24(22)32)12-13-28(34)31-23-14-19(15-25(33)29(23)37-4)10-11-20-16-26(35-2)30(38-5)27(17-20)36-3/h6-18,33H,1-5H3,(H,31,34)/b11-10+,13-12+. The highest BCUT2D eigenvalue weighted by Crippen LogP contribution is 2.39. The van der Waals surface area contributed by atoms with E-state index in [0.29, 0.717) is 28.5 Å². The van der Waals surface area contributed by atoms with Crippen molar-refractivity contribution < 1.29 is 28.8 Å². The van der Waals surface area contributed by atoms with Crippen LogP contribution < -0.4 is 24.3 Å². The Bertz CT molecular complexity index is 1510. The Kier molecular flexibility index (Phi) is 7.91. The largest absolute Gasteiger partial charge is 0.504 e. The van der Waals surface area contributed by atoms with Crippen molar-refractivity contribution in [1.82, 2.24) is 4.57 Å². The minimum absolute atomic E-state index is 0.104. The van der Waals surface area contributed by atoms with Crippen molar-refractivity contribution in [3.05, 3.63) is 77.5 Å². The molecule has 8 heteroatoms. The number of ether oxygens (including phenoxy) is 4. The second-order valence-corrected chi connectivity index (χ2v) is 8.45. The predicted octanol–water partition coefficient (Wildman–Crippen LogP) is 5.74. The molecule has 0 radical (unpaired) electrons. The van der Waals surface area contributed by atoms with Gasteiger partial charge in [0, 0.05) is 35.8 Å². The van der Waals surface area contributed by atoms with E-state index in [1.165, 1.54) is 13.2 Å². The lowest BCUT2D eigenvalue weighted by molar-refractivity contribution is -0.111. The summed E-state index contributed by atoms with van der Waals surface area (Å²) in [5, 5.41) is 14.4. The molecule has 196 valence electrons. The number of carbonyl (C=O) groups excluding carboxylic acids is 1. The van der Waals surface area contributed by atoms with Crippen molar-refractivity contribution in [2.24, 2.45) is 7.05 Å². The number of fused-ring (bicyclic) bond motifs is 1. The predicted molar refractivity (Wildman–Crippen MR) is 150 cm³/mol. The molecule has 1 heterocycles. The molecule has 38 heavy (non-hydrogen) atoms. The lowest BCUT2D eigenvalue weighted by atomic mass is 10.1. The Hall–Kier alpha value is -4.85. The fourth-order valence-corrected chi connectivity index (χ4v) is 4.27. The highest BCUT2D eigenvalue weighted by molar-refractivity contribution is 6.04. The normalized spacial score (nSPS) is 11.3. The molecular weight excluding hydrogens is 484 g/mol. The molecule has 4 rings (SSSR count). The third-order valence-electron chi connectivity index (χ3n) is 6.05. The van der Waals surface area contributed by atoms with Crippen molar-refractivity contribution in [3.8, 4) is 28.7 Å². The molecule has 8 nitrogen and oxygen atoms in total. The van der Waals surface area contributed by atoms with Crippen LogP contribution in [0.2, 0.25) is 0 Å². The summed E-state index contributed by atoms with van der Waals surface area (Å²) in [6.45, 7) is 0. The molecule has 0 saturated carbocycles. The number of benzene rings is 3. The lowest BCUT2D eigenvalue weighted by Gasteiger charge is -2.13. The van der Waals surface area contributed by atoms with Crippen LogP contribution in [0, 0.1) is 0 Å². The molecule has 1 aromatic heterocycles. The van der Waals surface area contributed by atoms with E-state index < -0.39 is 0 Å². The molecule has 0 saturated heterocycles.